The van der Waals surface area contributed by atoms with E-state index in [1.54, 1.807) is 0 Å². The molecule has 0 aliphatic rings. The Morgan fingerprint density at radius 3 is 2.64 bits per heavy atom. The number of hydrogen-bond donors (Lipinski definition) is 0. The van der Waals surface area contributed by atoms with Gasteiger partial charge in [0.2, 0.25) is 0 Å². The van der Waals surface area contributed by atoms with Gasteiger partial charge in [-0.25, -0.2) is 13.8 Å². The summed E-state index contributed by atoms with van der Waals surface area (Å²) in [6.07, 6.45) is -2.14. The minimum atomic E-state index is -2.61. The highest BCUT2D eigenvalue weighted by atomic mass is 19.3. The third-order valence-corrected chi connectivity index (χ3v) is 1.81. The number of aldehydes is 1. The van der Waals surface area contributed by atoms with Crippen molar-refractivity contribution >= 4 is 6.29 Å². The molecule has 0 bridgehead atoms. The molecule has 0 aromatic carbocycles. The van der Waals surface area contributed by atoms with Gasteiger partial charge < -0.3 is 4.74 Å². The summed E-state index contributed by atoms with van der Waals surface area (Å²) in [4.78, 5) is 14.2. The van der Waals surface area contributed by atoms with E-state index in [9.17, 15) is 13.6 Å². The van der Waals surface area contributed by atoms with Crippen molar-refractivity contribution < 1.29 is 18.3 Å². The Balaban J connectivity index is 3.30. The Morgan fingerprint density at radius 1 is 1.57 bits per heavy atom. The van der Waals surface area contributed by atoms with Gasteiger partial charge in [-0.1, -0.05) is 0 Å². The number of carbonyl (C=O) groups is 1. The Kier molecular flexibility index (Phi) is 3.11. The minimum absolute atomic E-state index is 0.0365. The fraction of sp³-hybridized carbons (Fsp3) is 0.333. The fourth-order valence-corrected chi connectivity index (χ4v) is 1.09. The summed E-state index contributed by atoms with van der Waals surface area (Å²) in [7, 11) is 1.30. The number of halogens is 2. The molecule has 0 aliphatic carbocycles. The molecule has 1 heterocycles. The third kappa shape index (κ3) is 1.86. The second-order valence-corrected chi connectivity index (χ2v) is 2.67. The molecular weight excluding hydrogens is 192 g/mol. The second-order valence-electron chi connectivity index (χ2n) is 2.67. The van der Waals surface area contributed by atoms with Crippen molar-refractivity contribution in [3.8, 4) is 5.75 Å². The van der Waals surface area contributed by atoms with E-state index in [2.05, 4.69) is 4.98 Å². The molecule has 14 heavy (non-hydrogen) atoms. The summed E-state index contributed by atoms with van der Waals surface area (Å²) in [6.45, 7) is 1.42. The van der Waals surface area contributed by atoms with E-state index in [0.717, 1.165) is 6.07 Å². The molecule has 0 fully saturated rings. The van der Waals surface area contributed by atoms with Crippen molar-refractivity contribution in [3.63, 3.8) is 0 Å². The molecule has 1 aromatic rings. The highest BCUT2D eigenvalue weighted by Gasteiger charge is 2.15. The van der Waals surface area contributed by atoms with Crippen LogP contribution >= 0.6 is 0 Å². The van der Waals surface area contributed by atoms with Crippen LogP contribution < -0.4 is 4.74 Å². The van der Waals surface area contributed by atoms with Crippen LogP contribution in [0.2, 0.25) is 0 Å². The minimum Gasteiger partial charge on any atom is -0.494 e. The van der Waals surface area contributed by atoms with E-state index in [1.165, 1.54) is 14.0 Å². The molecule has 0 aliphatic heterocycles. The Hall–Kier alpha value is -1.52. The van der Waals surface area contributed by atoms with Gasteiger partial charge in [-0.05, 0) is 13.0 Å². The van der Waals surface area contributed by atoms with E-state index in [1.807, 2.05) is 0 Å². The maximum absolute atomic E-state index is 12.4. The summed E-state index contributed by atoms with van der Waals surface area (Å²) in [5.74, 6) is 0.0703. The van der Waals surface area contributed by atoms with Crippen LogP contribution in [0.3, 0.4) is 0 Å². The van der Waals surface area contributed by atoms with Gasteiger partial charge in [-0.15, -0.1) is 0 Å². The fourth-order valence-electron chi connectivity index (χ4n) is 1.09. The molecule has 3 nitrogen and oxygen atoms in total. The molecule has 1 rings (SSSR count). The number of nitrogens with zero attached hydrogens (tertiary/aromatic N) is 1. The van der Waals surface area contributed by atoms with Crippen molar-refractivity contribution in [2.75, 3.05) is 7.11 Å². The van der Waals surface area contributed by atoms with Crippen LogP contribution in [0.25, 0.3) is 0 Å². The predicted molar refractivity (Wildman–Crippen MR) is 45.9 cm³/mol. The first-order chi connectivity index (χ1) is 6.60. The molecule has 0 saturated heterocycles. The highest BCUT2D eigenvalue weighted by molar-refractivity contribution is 5.76. The molecule has 0 unspecified atom stereocenters. The van der Waals surface area contributed by atoms with Crippen molar-refractivity contribution in [2.24, 2.45) is 0 Å². The number of methoxy groups -OCH3 is 1. The van der Waals surface area contributed by atoms with E-state index < -0.39 is 6.43 Å². The first-order valence-electron chi connectivity index (χ1n) is 3.89. The number of pyridine rings is 1. The number of aromatic nitrogens is 1. The normalized spacial score (nSPS) is 10.4. The van der Waals surface area contributed by atoms with Crippen LogP contribution in [0.15, 0.2) is 6.07 Å². The summed E-state index contributed by atoms with van der Waals surface area (Å²) in [6, 6.07) is 1.14. The average molecular weight is 201 g/mol. The summed E-state index contributed by atoms with van der Waals surface area (Å²) < 4.78 is 29.5. The molecule has 0 saturated carbocycles. The molecule has 0 radical (unpaired) electrons. The largest absolute Gasteiger partial charge is 0.494 e. The summed E-state index contributed by atoms with van der Waals surface area (Å²) in [5.41, 5.74) is -0.0373. The van der Waals surface area contributed by atoms with Gasteiger partial charge in [0, 0.05) is 11.3 Å². The van der Waals surface area contributed by atoms with Gasteiger partial charge in [0.05, 0.1) is 7.11 Å². The summed E-state index contributed by atoms with van der Waals surface area (Å²) >= 11 is 0. The zero-order chi connectivity index (χ0) is 10.7. The lowest BCUT2D eigenvalue weighted by Gasteiger charge is -2.08. The quantitative estimate of drug-likeness (QED) is 0.703. The smallest absolute Gasteiger partial charge is 0.265 e. The summed E-state index contributed by atoms with van der Waals surface area (Å²) in [5, 5.41) is 0. The number of rotatable bonds is 3. The average Bonchev–Trinajstić information content (AvgIpc) is 2.16. The highest BCUT2D eigenvalue weighted by Crippen LogP contribution is 2.26. The number of aryl methyl sites for hydroxylation is 1. The molecule has 1 aromatic heterocycles. The molecule has 0 amide bonds. The molecule has 0 atom stereocenters. The first kappa shape index (κ1) is 10.6. The van der Waals surface area contributed by atoms with E-state index in [0.29, 0.717) is 6.29 Å². The molecule has 5 heteroatoms. The molecule has 76 valence electrons. The van der Waals surface area contributed by atoms with Crippen LogP contribution in [0, 0.1) is 6.92 Å². The van der Waals surface area contributed by atoms with Gasteiger partial charge >= 0.3 is 0 Å². The van der Waals surface area contributed by atoms with Gasteiger partial charge in [0.1, 0.15) is 11.4 Å². The number of ether oxygens (including phenoxy) is 1. The maximum atomic E-state index is 12.4. The van der Waals surface area contributed by atoms with Crippen LogP contribution in [0.4, 0.5) is 8.78 Å². The van der Waals surface area contributed by atoms with Gasteiger partial charge in [0.25, 0.3) is 6.43 Å². The zero-order valence-corrected chi connectivity index (χ0v) is 7.75. The van der Waals surface area contributed by atoms with Gasteiger partial charge in [-0.2, -0.15) is 0 Å². The van der Waals surface area contributed by atoms with Crippen molar-refractivity contribution in [2.45, 2.75) is 13.3 Å². The van der Waals surface area contributed by atoms with Crippen LogP contribution in [-0.2, 0) is 0 Å². The first-order valence-corrected chi connectivity index (χ1v) is 3.89. The van der Waals surface area contributed by atoms with Crippen LogP contribution in [-0.4, -0.2) is 18.4 Å². The van der Waals surface area contributed by atoms with E-state index >= 15 is 0 Å². The number of carbonyl (C=O) groups excluding carboxylic acids is 1. The number of hydrogen-bond acceptors (Lipinski definition) is 3. The van der Waals surface area contributed by atoms with Gasteiger partial charge in [-0.3, -0.25) is 4.79 Å². The Labute approximate surface area is 79.7 Å². The zero-order valence-electron chi connectivity index (χ0n) is 7.75. The monoisotopic (exact) mass is 201 g/mol. The lowest BCUT2D eigenvalue weighted by Crippen LogP contribution is -2.01. The molecule has 0 N–H and O–H groups in total. The predicted octanol–water partition coefficient (Wildman–Crippen LogP) is 2.15. The molecule has 0 spiro atoms. The molecular formula is C9H9F2NO2. The van der Waals surface area contributed by atoms with Crippen molar-refractivity contribution in [3.05, 3.63) is 23.0 Å². The lowest BCUT2D eigenvalue weighted by atomic mass is 10.2. The van der Waals surface area contributed by atoms with E-state index in [-0.39, 0.29) is 22.7 Å². The lowest BCUT2D eigenvalue weighted by molar-refractivity contribution is 0.111. The second kappa shape index (κ2) is 4.13. The third-order valence-electron chi connectivity index (χ3n) is 1.81. The van der Waals surface area contributed by atoms with Crippen molar-refractivity contribution in [1.29, 1.82) is 0 Å². The standard InChI is InChI=1S/C9H9F2NO2/c1-5-6(9(10)11)3-8(14-2)7(4-13)12-5/h3-4,9H,1-2H3. The van der Waals surface area contributed by atoms with Crippen LogP contribution in [0.1, 0.15) is 28.2 Å². The SMILES string of the molecule is COc1cc(C(F)F)c(C)nc1C=O. The van der Waals surface area contributed by atoms with Crippen molar-refractivity contribution in [1.82, 2.24) is 4.98 Å². The Morgan fingerprint density at radius 2 is 2.21 bits per heavy atom. The number of alkyl halides is 2. The van der Waals surface area contributed by atoms with E-state index in [4.69, 9.17) is 4.74 Å². The Bertz CT molecular complexity index is 353. The van der Waals surface area contributed by atoms with Crippen LogP contribution in [0.5, 0.6) is 5.75 Å². The van der Waals surface area contributed by atoms with Gasteiger partial charge in [0.15, 0.2) is 6.29 Å². The maximum Gasteiger partial charge on any atom is 0.265 e. The topological polar surface area (TPSA) is 39.2 Å².